The monoisotopic (exact) mass is 300 g/mol. The van der Waals surface area contributed by atoms with Crippen LogP contribution < -0.4 is 4.74 Å². The Balaban J connectivity index is 3.27. The van der Waals surface area contributed by atoms with E-state index in [-0.39, 0.29) is 6.07 Å². The molecule has 0 saturated carbocycles. The summed E-state index contributed by atoms with van der Waals surface area (Å²) in [7, 11) is 0. The lowest BCUT2D eigenvalue weighted by atomic mass is 10.1. The average Bonchev–Trinajstić information content (AvgIpc) is 2.23. The molecule has 110 valence electrons. The van der Waals surface area contributed by atoms with Gasteiger partial charge in [-0.25, -0.2) is 4.79 Å². The van der Waals surface area contributed by atoms with Crippen molar-refractivity contribution in [2.45, 2.75) is 12.5 Å². The molecule has 1 aromatic carbocycles. The van der Waals surface area contributed by atoms with E-state index in [0.29, 0.717) is 24.3 Å². The van der Waals surface area contributed by atoms with Crippen LogP contribution in [0.15, 0.2) is 24.3 Å². The van der Waals surface area contributed by atoms with Gasteiger partial charge in [0.2, 0.25) is 0 Å². The number of rotatable bonds is 3. The summed E-state index contributed by atoms with van der Waals surface area (Å²) in [6.45, 7) is 0. The van der Waals surface area contributed by atoms with Crippen LogP contribution in [0, 0.1) is 0 Å². The van der Waals surface area contributed by atoms with Gasteiger partial charge in [-0.3, -0.25) is 0 Å². The summed E-state index contributed by atoms with van der Waals surface area (Å²) in [5, 5.41) is 8.35. The minimum Gasteiger partial charge on any atom is -0.478 e. The SMILES string of the molecule is O=C(O)/C=C/c1ccc(C(F)(F)F)cc1OC(F)(F)F. The Morgan fingerprint density at radius 3 is 2.20 bits per heavy atom. The maximum atomic E-state index is 12.4. The van der Waals surface area contributed by atoms with Crippen LogP contribution in [0.1, 0.15) is 11.1 Å². The fourth-order valence-electron chi connectivity index (χ4n) is 1.22. The van der Waals surface area contributed by atoms with E-state index in [9.17, 15) is 31.1 Å². The van der Waals surface area contributed by atoms with Crippen molar-refractivity contribution in [1.29, 1.82) is 0 Å². The summed E-state index contributed by atoms with van der Waals surface area (Å²) in [5.41, 5.74) is -1.79. The van der Waals surface area contributed by atoms with Gasteiger partial charge in [-0.2, -0.15) is 13.2 Å². The molecule has 0 bridgehead atoms. The largest absolute Gasteiger partial charge is 0.573 e. The molecule has 20 heavy (non-hydrogen) atoms. The highest BCUT2D eigenvalue weighted by Gasteiger charge is 2.35. The Labute approximate surface area is 108 Å². The van der Waals surface area contributed by atoms with E-state index in [2.05, 4.69) is 4.74 Å². The maximum Gasteiger partial charge on any atom is 0.573 e. The molecule has 0 radical (unpaired) electrons. The highest BCUT2D eigenvalue weighted by atomic mass is 19.4. The number of carbonyl (C=O) groups is 1. The molecule has 9 heteroatoms. The van der Waals surface area contributed by atoms with Crippen molar-refractivity contribution in [3.63, 3.8) is 0 Å². The van der Waals surface area contributed by atoms with Gasteiger partial charge in [0.25, 0.3) is 0 Å². The number of hydrogen-bond acceptors (Lipinski definition) is 2. The molecule has 0 aliphatic carbocycles. The minimum atomic E-state index is -5.20. The first-order valence-electron chi connectivity index (χ1n) is 4.87. The van der Waals surface area contributed by atoms with Gasteiger partial charge in [-0.15, -0.1) is 13.2 Å². The molecule has 1 aromatic rings. The molecule has 0 unspecified atom stereocenters. The van der Waals surface area contributed by atoms with Crippen molar-refractivity contribution in [2.24, 2.45) is 0 Å². The highest BCUT2D eigenvalue weighted by molar-refractivity contribution is 5.85. The van der Waals surface area contributed by atoms with Crippen molar-refractivity contribution >= 4 is 12.0 Å². The third kappa shape index (κ3) is 4.82. The Kier molecular flexibility index (Phi) is 4.31. The number of ether oxygens (including phenoxy) is 1. The summed E-state index contributed by atoms with van der Waals surface area (Å²) in [5.74, 6) is -2.60. The second kappa shape index (κ2) is 5.43. The lowest BCUT2D eigenvalue weighted by Crippen LogP contribution is -2.18. The lowest BCUT2D eigenvalue weighted by Gasteiger charge is -2.14. The van der Waals surface area contributed by atoms with Crippen molar-refractivity contribution in [3.8, 4) is 5.75 Å². The molecule has 0 atom stereocenters. The number of halogens is 6. The van der Waals surface area contributed by atoms with E-state index in [1.165, 1.54) is 0 Å². The third-order valence-corrected chi connectivity index (χ3v) is 1.97. The lowest BCUT2D eigenvalue weighted by molar-refractivity contribution is -0.274. The van der Waals surface area contributed by atoms with Gasteiger partial charge in [0.1, 0.15) is 5.75 Å². The van der Waals surface area contributed by atoms with E-state index >= 15 is 0 Å². The zero-order valence-corrected chi connectivity index (χ0v) is 9.42. The molecule has 0 heterocycles. The summed E-state index contributed by atoms with van der Waals surface area (Å²) in [4.78, 5) is 10.3. The van der Waals surface area contributed by atoms with Crippen molar-refractivity contribution < 1.29 is 41.0 Å². The molecular weight excluding hydrogens is 294 g/mol. The van der Waals surface area contributed by atoms with E-state index in [4.69, 9.17) is 5.11 Å². The first-order chi connectivity index (χ1) is 8.99. The maximum absolute atomic E-state index is 12.4. The molecule has 1 N–H and O–H groups in total. The number of benzene rings is 1. The standard InChI is InChI=1S/C11H6F6O3/c12-10(13,14)7-3-1-6(2-4-9(18)19)8(5-7)20-11(15,16)17/h1-5H,(H,18,19)/b4-2+. The Bertz CT molecular complexity index is 530. The Morgan fingerprint density at radius 2 is 1.75 bits per heavy atom. The average molecular weight is 300 g/mol. The van der Waals surface area contributed by atoms with Gasteiger partial charge < -0.3 is 9.84 Å². The summed E-state index contributed by atoms with van der Waals surface area (Å²) < 4.78 is 77.0. The predicted octanol–water partition coefficient (Wildman–Crippen LogP) is 3.70. The first-order valence-corrected chi connectivity index (χ1v) is 4.87. The first kappa shape index (κ1) is 15.9. The van der Waals surface area contributed by atoms with Crippen LogP contribution in [0.25, 0.3) is 6.08 Å². The topological polar surface area (TPSA) is 46.5 Å². The number of carboxylic acids is 1. The summed E-state index contributed by atoms with van der Waals surface area (Å²) in [6, 6.07) is 1.35. The van der Waals surface area contributed by atoms with E-state index in [1.54, 1.807) is 0 Å². The van der Waals surface area contributed by atoms with E-state index < -0.39 is 35.4 Å². The predicted molar refractivity (Wildman–Crippen MR) is 54.8 cm³/mol. The van der Waals surface area contributed by atoms with Gasteiger partial charge in [-0.1, -0.05) is 6.07 Å². The molecule has 1 rings (SSSR count). The van der Waals surface area contributed by atoms with Crippen LogP contribution in [-0.2, 0) is 11.0 Å². The van der Waals surface area contributed by atoms with Crippen LogP contribution >= 0.6 is 0 Å². The summed E-state index contributed by atoms with van der Waals surface area (Å²) >= 11 is 0. The van der Waals surface area contributed by atoms with Crippen LogP contribution in [0.5, 0.6) is 5.75 Å². The zero-order valence-electron chi connectivity index (χ0n) is 9.42. The van der Waals surface area contributed by atoms with Crippen molar-refractivity contribution in [1.82, 2.24) is 0 Å². The molecule has 0 fully saturated rings. The molecule has 0 aliphatic heterocycles. The van der Waals surface area contributed by atoms with Gasteiger partial charge in [-0.05, 0) is 18.2 Å². The van der Waals surface area contributed by atoms with E-state index in [1.807, 2.05) is 0 Å². The molecule has 0 aromatic heterocycles. The Morgan fingerprint density at radius 1 is 1.15 bits per heavy atom. The fourth-order valence-corrected chi connectivity index (χ4v) is 1.22. The fraction of sp³-hybridized carbons (Fsp3) is 0.182. The van der Waals surface area contributed by atoms with Gasteiger partial charge in [0.05, 0.1) is 5.56 Å². The van der Waals surface area contributed by atoms with Gasteiger partial charge in [0, 0.05) is 11.6 Å². The van der Waals surface area contributed by atoms with Gasteiger partial charge in [0.15, 0.2) is 0 Å². The third-order valence-electron chi connectivity index (χ3n) is 1.97. The smallest absolute Gasteiger partial charge is 0.478 e. The van der Waals surface area contributed by atoms with Crippen molar-refractivity contribution in [2.75, 3.05) is 0 Å². The molecule has 0 amide bonds. The van der Waals surface area contributed by atoms with Crippen LogP contribution in [0.4, 0.5) is 26.3 Å². The van der Waals surface area contributed by atoms with Crippen LogP contribution in [0.3, 0.4) is 0 Å². The quantitative estimate of drug-likeness (QED) is 0.684. The minimum absolute atomic E-state index is 0.148. The summed E-state index contributed by atoms with van der Waals surface area (Å²) in [6.07, 6.45) is -8.87. The number of carboxylic acid groups (broad SMARTS) is 1. The Hall–Kier alpha value is -2.19. The molecular formula is C11H6F6O3. The van der Waals surface area contributed by atoms with Crippen LogP contribution in [-0.4, -0.2) is 17.4 Å². The molecule has 0 aliphatic rings. The number of alkyl halides is 6. The normalized spacial score (nSPS) is 12.7. The molecule has 0 spiro atoms. The molecule has 3 nitrogen and oxygen atoms in total. The number of aliphatic carboxylic acids is 1. The van der Waals surface area contributed by atoms with Crippen LogP contribution in [0.2, 0.25) is 0 Å². The number of hydrogen-bond donors (Lipinski definition) is 1. The highest BCUT2D eigenvalue weighted by Crippen LogP contribution is 2.35. The van der Waals surface area contributed by atoms with Gasteiger partial charge >= 0.3 is 18.5 Å². The second-order valence-electron chi connectivity index (χ2n) is 3.47. The molecule has 0 saturated heterocycles. The zero-order chi connectivity index (χ0) is 15.6. The second-order valence-corrected chi connectivity index (χ2v) is 3.47. The van der Waals surface area contributed by atoms with E-state index in [0.717, 1.165) is 0 Å². The van der Waals surface area contributed by atoms with Crippen molar-refractivity contribution in [3.05, 3.63) is 35.4 Å².